The van der Waals surface area contributed by atoms with Gasteiger partial charge in [0.05, 0.1) is 10.9 Å². The average molecular weight is 300 g/mol. The van der Waals surface area contributed by atoms with Crippen molar-refractivity contribution in [1.29, 1.82) is 0 Å². The van der Waals surface area contributed by atoms with Gasteiger partial charge < -0.3 is 10.0 Å². The molecule has 0 bridgehead atoms. The van der Waals surface area contributed by atoms with Crippen molar-refractivity contribution in [1.82, 2.24) is 4.90 Å². The number of carboxylic acid groups (broad SMARTS) is 1. The van der Waals surface area contributed by atoms with Crippen molar-refractivity contribution in [3.8, 4) is 0 Å². The predicted octanol–water partition coefficient (Wildman–Crippen LogP) is 2.80. The number of carboxylic acids is 1. The number of carbonyl (C=O) groups is 2. The lowest BCUT2D eigenvalue weighted by Crippen LogP contribution is -2.49. The Morgan fingerprint density at radius 2 is 2.15 bits per heavy atom. The lowest BCUT2D eigenvalue weighted by atomic mass is 9.90. The summed E-state index contributed by atoms with van der Waals surface area (Å²) in [7, 11) is 0. The summed E-state index contributed by atoms with van der Waals surface area (Å²) in [6.07, 6.45) is 1.20. The van der Waals surface area contributed by atoms with Gasteiger partial charge in [0.1, 0.15) is 5.82 Å². The number of amides is 1. The summed E-state index contributed by atoms with van der Waals surface area (Å²) in [4.78, 5) is 25.1. The normalized spacial score (nSPS) is 22.6. The van der Waals surface area contributed by atoms with Crippen LogP contribution in [0, 0.1) is 11.7 Å². The zero-order chi connectivity index (χ0) is 14.9. The van der Waals surface area contributed by atoms with Crippen molar-refractivity contribution in [2.45, 2.75) is 25.8 Å². The molecule has 0 radical (unpaired) electrons. The largest absolute Gasteiger partial charge is 0.481 e. The molecule has 1 amide bonds. The van der Waals surface area contributed by atoms with Crippen LogP contribution in [0.3, 0.4) is 0 Å². The zero-order valence-corrected chi connectivity index (χ0v) is 11.7. The van der Waals surface area contributed by atoms with Crippen molar-refractivity contribution in [3.63, 3.8) is 0 Å². The number of aliphatic carboxylic acids is 1. The van der Waals surface area contributed by atoms with Crippen LogP contribution >= 0.6 is 11.6 Å². The molecule has 1 aromatic rings. The molecule has 0 unspecified atom stereocenters. The fourth-order valence-corrected chi connectivity index (χ4v) is 2.74. The number of benzene rings is 1. The number of halogens is 2. The Bertz CT molecular complexity index is 549. The van der Waals surface area contributed by atoms with Crippen LogP contribution < -0.4 is 0 Å². The SMILES string of the molecule is C[C@@H]1[C@H](C(=O)O)CCCN1C(=O)c1ccc(F)c(Cl)c1. The van der Waals surface area contributed by atoms with E-state index in [2.05, 4.69) is 0 Å². The summed E-state index contributed by atoms with van der Waals surface area (Å²) in [6, 6.07) is 3.38. The molecule has 1 saturated heterocycles. The third-order valence-electron chi connectivity index (χ3n) is 3.73. The first-order chi connectivity index (χ1) is 9.41. The fourth-order valence-electron chi connectivity index (χ4n) is 2.55. The monoisotopic (exact) mass is 299 g/mol. The van der Waals surface area contributed by atoms with E-state index in [9.17, 15) is 14.0 Å². The molecule has 2 atom stereocenters. The molecule has 1 N–H and O–H groups in total. The van der Waals surface area contributed by atoms with E-state index in [1.165, 1.54) is 17.0 Å². The molecule has 0 aromatic heterocycles. The van der Waals surface area contributed by atoms with Gasteiger partial charge in [0, 0.05) is 18.2 Å². The molecule has 1 aliphatic rings. The topological polar surface area (TPSA) is 57.6 Å². The zero-order valence-electron chi connectivity index (χ0n) is 11.0. The van der Waals surface area contributed by atoms with Gasteiger partial charge in [-0.05, 0) is 38.0 Å². The molecule has 1 heterocycles. The first-order valence-electron chi connectivity index (χ1n) is 6.40. The highest BCUT2D eigenvalue weighted by molar-refractivity contribution is 6.31. The van der Waals surface area contributed by atoms with E-state index >= 15 is 0 Å². The van der Waals surface area contributed by atoms with Crippen molar-refractivity contribution < 1.29 is 19.1 Å². The fraction of sp³-hybridized carbons (Fsp3) is 0.429. The Balaban J connectivity index is 2.23. The van der Waals surface area contributed by atoms with Gasteiger partial charge in [-0.25, -0.2) is 4.39 Å². The second-order valence-electron chi connectivity index (χ2n) is 4.95. The summed E-state index contributed by atoms with van der Waals surface area (Å²) < 4.78 is 13.1. The standard InChI is InChI=1S/C14H15ClFNO3/c1-8-10(14(19)20)3-2-6-17(8)13(18)9-4-5-12(16)11(15)7-9/h4-5,7-8,10H,2-3,6H2,1H3,(H,19,20)/t8-,10-/m1/s1. The average Bonchev–Trinajstić information content (AvgIpc) is 2.41. The quantitative estimate of drug-likeness (QED) is 0.913. The summed E-state index contributed by atoms with van der Waals surface area (Å²) >= 11 is 5.67. The highest BCUT2D eigenvalue weighted by atomic mass is 35.5. The van der Waals surface area contributed by atoms with E-state index in [-0.39, 0.29) is 16.5 Å². The molecule has 4 nitrogen and oxygen atoms in total. The van der Waals surface area contributed by atoms with E-state index in [0.717, 1.165) is 6.07 Å². The number of piperidine rings is 1. The molecular formula is C14H15ClFNO3. The van der Waals surface area contributed by atoms with E-state index in [1.54, 1.807) is 6.92 Å². The molecule has 1 fully saturated rings. The minimum atomic E-state index is -0.896. The second-order valence-corrected chi connectivity index (χ2v) is 5.36. The maximum absolute atomic E-state index is 13.1. The van der Waals surface area contributed by atoms with Crippen LogP contribution in [0.5, 0.6) is 0 Å². The van der Waals surface area contributed by atoms with Gasteiger partial charge >= 0.3 is 5.97 Å². The number of rotatable bonds is 2. The van der Waals surface area contributed by atoms with Gasteiger partial charge in [0.25, 0.3) is 5.91 Å². The van der Waals surface area contributed by atoms with Crippen LogP contribution in [0.4, 0.5) is 4.39 Å². The minimum Gasteiger partial charge on any atom is -0.481 e. The van der Waals surface area contributed by atoms with Gasteiger partial charge in [0.2, 0.25) is 0 Å². The smallest absolute Gasteiger partial charge is 0.308 e. The third kappa shape index (κ3) is 2.77. The third-order valence-corrected chi connectivity index (χ3v) is 4.02. The Hall–Kier alpha value is -1.62. The van der Waals surface area contributed by atoms with Crippen LogP contribution in [0.2, 0.25) is 5.02 Å². The van der Waals surface area contributed by atoms with Crippen molar-refractivity contribution >= 4 is 23.5 Å². The molecule has 2 rings (SSSR count). The highest BCUT2D eigenvalue weighted by Gasteiger charge is 2.35. The summed E-state index contributed by atoms with van der Waals surface area (Å²) in [5.41, 5.74) is 0.272. The molecular weight excluding hydrogens is 285 g/mol. The Morgan fingerprint density at radius 3 is 2.75 bits per heavy atom. The number of nitrogens with zero attached hydrogens (tertiary/aromatic N) is 1. The summed E-state index contributed by atoms with van der Waals surface area (Å²) in [6.45, 7) is 2.22. The van der Waals surface area contributed by atoms with Gasteiger partial charge in [0.15, 0.2) is 0 Å². The van der Waals surface area contributed by atoms with Gasteiger partial charge in [-0.1, -0.05) is 11.6 Å². The maximum atomic E-state index is 13.1. The highest BCUT2D eigenvalue weighted by Crippen LogP contribution is 2.26. The van der Waals surface area contributed by atoms with Crippen LogP contribution in [-0.2, 0) is 4.79 Å². The lowest BCUT2D eigenvalue weighted by Gasteiger charge is -2.37. The van der Waals surface area contributed by atoms with Crippen LogP contribution in [-0.4, -0.2) is 34.5 Å². The predicted molar refractivity (Wildman–Crippen MR) is 72.3 cm³/mol. The summed E-state index contributed by atoms with van der Waals surface area (Å²) in [5, 5.41) is 9.04. The molecule has 0 saturated carbocycles. The van der Waals surface area contributed by atoms with Crippen LogP contribution in [0.15, 0.2) is 18.2 Å². The Morgan fingerprint density at radius 1 is 1.45 bits per heavy atom. The van der Waals surface area contributed by atoms with Crippen LogP contribution in [0.1, 0.15) is 30.1 Å². The van der Waals surface area contributed by atoms with E-state index in [1.807, 2.05) is 0 Å². The first-order valence-corrected chi connectivity index (χ1v) is 6.78. The number of likely N-dealkylation sites (tertiary alicyclic amines) is 1. The van der Waals surface area contributed by atoms with Crippen molar-refractivity contribution in [2.24, 2.45) is 5.92 Å². The Labute approximate surface area is 121 Å². The second kappa shape index (κ2) is 5.79. The molecule has 108 valence electrons. The van der Waals surface area contributed by atoms with Gasteiger partial charge in [-0.3, -0.25) is 9.59 Å². The number of hydrogen-bond acceptors (Lipinski definition) is 2. The molecule has 6 heteroatoms. The Kier molecular flexibility index (Phi) is 4.28. The van der Waals surface area contributed by atoms with Gasteiger partial charge in [-0.2, -0.15) is 0 Å². The molecule has 20 heavy (non-hydrogen) atoms. The van der Waals surface area contributed by atoms with E-state index in [0.29, 0.717) is 19.4 Å². The van der Waals surface area contributed by atoms with Crippen molar-refractivity contribution in [3.05, 3.63) is 34.6 Å². The summed E-state index contributed by atoms with van der Waals surface area (Å²) in [5.74, 6) is -2.36. The molecule has 0 spiro atoms. The van der Waals surface area contributed by atoms with E-state index < -0.39 is 23.7 Å². The molecule has 1 aromatic carbocycles. The first kappa shape index (κ1) is 14.8. The molecule has 0 aliphatic carbocycles. The van der Waals surface area contributed by atoms with E-state index in [4.69, 9.17) is 16.7 Å². The van der Waals surface area contributed by atoms with Crippen LogP contribution in [0.25, 0.3) is 0 Å². The maximum Gasteiger partial charge on any atom is 0.308 e. The molecule has 1 aliphatic heterocycles. The van der Waals surface area contributed by atoms with Crippen molar-refractivity contribution in [2.75, 3.05) is 6.54 Å². The number of carbonyl (C=O) groups excluding carboxylic acids is 1. The number of hydrogen-bond donors (Lipinski definition) is 1. The lowest BCUT2D eigenvalue weighted by molar-refractivity contribution is -0.144. The minimum absolute atomic E-state index is 0.115. The van der Waals surface area contributed by atoms with Gasteiger partial charge in [-0.15, -0.1) is 0 Å².